The van der Waals surface area contributed by atoms with Crippen molar-refractivity contribution < 1.29 is 14.3 Å². The fourth-order valence-electron chi connectivity index (χ4n) is 2.20. The molecule has 0 heterocycles. The molecule has 0 saturated heterocycles. The number of hydrogen-bond donors (Lipinski definition) is 0. The Labute approximate surface area is 141 Å². The molecule has 3 nitrogen and oxygen atoms in total. The summed E-state index contributed by atoms with van der Waals surface area (Å²) in [7, 11) is 1.31. The normalized spacial score (nSPS) is 9.38. The van der Waals surface area contributed by atoms with Crippen molar-refractivity contribution >= 4 is 12.3 Å². The van der Waals surface area contributed by atoms with Gasteiger partial charge in [-0.05, 0) is 11.1 Å². The van der Waals surface area contributed by atoms with Gasteiger partial charge in [0.2, 0.25) is 0 Å². The van der Waals surface area contributed by atoms with Gasteiger partial charge in [-0.25, -0.2) is 0 Å². The van der Waals surface area contributed by atoms with Crippen molar-refractivity contribution in [1.82, 2.24) is 0 Å². The summed E-state index contributed by atoms with van der Waals surface area (Å²) in [4.78, 5) is 21.2. The largest absolute Gasteiger partial charge is 0.471 e. The minimum absolute atomic E-state index is 0.0604. The fraction of sp³-hybridized carbons (Fsp3) is 0.0476. The van der Waals surface area contributed by atoms with E-state index in [2.05, 4.69) is 16.9 Å². The Kier molecular flexibility index (Phi) is 6.47. The first kappa shape index (κ1) is 17.2. The van der Waals surface area contributed by atoms with Gasteiger partial charge in [0.15, 0.2) is 5.78 Å². The van der Waals surface area contributed by atoms with Gasteiger partial charge in [-0.15, -0.1) is 0 Å². The maximum atomic E-state index is 12.3. The van der Waals surface area contributed by atoms with E-state index in [0.29, 0.717) is 6.47 Å². The standard InChI is InChI=1S/C19H14O.C2H4O2/c20-19(17-9-5-2-6-10-17)18-13-11-16(12-14-18)15-7-3-1-4-8-15;1-4-2-3/h1-14H;2H,1H3. The molecule has 0 unspecified atom stereocenters. The number of ketones is 1. The van der Waals surface area contributed by atoms with E-state index in [4.69, 9.17) is 4.79 Å². The molecule has 0 bridgehead atoms. The molecule has 0 atom stereocenters. The summed E-state index contributed by atoms with van der Waals surface area (Å²) in [6, 6.07) is 27.3. The lowest BCUT2D eigenvalue weighted by Crippen LogP contribution is -2.00. The molecule has 0 N–H and O–H groups in total. The Bertz CT molecular complexity index is 763. The van der Waals surface area contributed by atoms with Crippen molar-refractivity contribution in [3.8, 4) is 11.1 Å². The lowest BCUT2D eigenvalue weighted by atomic mass is 9.99. The third-order valence-electron chi connectivity index (χ3n) is 3.39. The summed E-state index contributed by atoms with van der Waals surface area (Å²) in [5.74, 6) is 0.0604. The first-order valence-electron chi connectivity index (χ1n) is 7.48. The summed E-state index contributed by atoms with van der Waals surface area (Å²) in [6.07, 6.45) is 0. The molecule has 3 heteroatoms. The summed E-state index contributed by atoms with van der Waals surface area (Å²) >= 11 is 0. The van der Waals surface area contributed by atoms with Crippen molar-refractivity contribution in [2.24, 2.45) is 0 Å². The highest BCUT2D eigenvalue weighted by molar-refractivity contribution is 6.09. The van der Waals surface area contributed by atoms with Crippen molar-refractivity contribution in [3.63, 3.8) is 0 Å². The van der Waals surface area contributed by atoms with Crippen LogP contribution in [0.4, 0.5) is 0 Å². The van der Waals surface area contributed by atoms with Gasteiger partial charge in [0.25, 0.3) is 6.47 Å². The van der Waals surface area contributed by atoms with Gasteiger partial charge in [0.1, 0.15) is 0 Å². The molecule has 0 aliphatic carbocycles. The van der Waals surface area contributed by atoms with Crippen LogP contribution >= 0.6 is 0 Å². The molecule has 0 radical (unpaired) electrons. The lowest BCUT2D eigenvalue weighted by molar-refractivity contribution is -0.126. The predicted octanol–water partition coefficient (Wildman–Crippen LogP) is 4.37. The second-order valence-electron chi connectivity index (χ2n) is 4.97. The topological polar surface area (TPSA) is 43.4 Å². The number of benzene rings is 3. The highest BCUT2D eigenvalue weighted by atomic mass is 16.5. The first-order chi connectivity index (χ1) is 11.8. The smallest absolute Gasteiger partial charge is 0.292 e. The maximum Gasteiger partial charge on any atom is 0.292 e. The van der Waals surface area contributed by atoms with Crippen molar-refractivity contribution in [3.05, 3.63) is 96.1 Å². The zero-order valence-electron chi connectivity index (χ0n) is 13.4. The molecular weight excluding hydrogens is 300 g/mol. The van der Waals surface area contributed by atoms with E-state index in [1.165, 1.54) is 7.11 Å². The monoisotopic (exact) mass is 318 g/mol. The van der Waals surface area contributed by atoms with Crippen molar-refractivity contribution in [2.45, 2.75) is 0 Å². The number of carbonyl (C=O) groups is 2. The van der Waals surface area contributed by atoms with Crippen LogP contribution < -0.4 is 0 Å². The zero-order valence-corrected chi connectivity index (χ0v) is 13.4. The molecule has 0 saturated carbocycles. The molecule has 0 fully saturated rings. The number of carbonyl (C=O) groups excluding carboxylic acids is 2. The summed E-state index contributed by atoms with van der Waals surface area (Å²) < 4.78 is 3.86. The molecule has 120 valence electrons. The maximum absolute atomic E-state index is 12.3. The second kappa shape index (κ2) is 9.06. The van der Waals surface area contributed by atoms with Gasteiger partial charge < -0.3 is 4.74 Å². The number of ether oxygens (including phenoxy) is 1. The molecule has 3 aromatic carbocycles. The van der Waals surface area contributed by atoms with Crippen LogP contribution in [0.2, 0.25) is 0 Å². The molecule has 3 aromatic rings. The Morgan fingerprint density at radius 2 is 1.12 bits per heavy atom. The third-order valence-corrected chi connectivity index (χ3v) is 3.39. The minimum Gasteiger partial charge on any atom is -0.471 e. The van der Waals surface area contributed by atoms with Gasteiger partial charge in [0.05, 0.1) is 7.11 Å². The van der Waals surface area contributed by atoms with Crippen LogP contribution in [0.15, 0.2) is 84.9 Å². The number of methoxy groups -OCH3 is 1. The van der Waals surface area contributed by atoms with Crippen LogP contribution in [0.1, 0.15) is 15.9 Å². The minimum atomic E-state index is 0.0604. The molecule has 0 aliphatic heterocycles. The molecule has 0 spiro atoms. The van der Waals surface area contributed by atoms with E-state index in [1.54, 1.807) is 0 Å². The van der Waals surface area contributed by atoms with Gasteiger partial charge in [-0.2, -0.15) is 0 Å². The van der Waals surface area contributed by atoms with Crippen LogP contribution in [0.3, 0.4) is 0 Å². The van der Waals surface area contributed by atoms with Crippen molar-refractivity contribution in [2.75, 3.05) is 7.11 Å². The highest BCUT2D eigenvalue weighted by Crippen LogP contribution is 2.20. The quantitative estimate of drug-likeness (QED) is 0.530. The summed E-state index contributed by atoms with van der Waals surface area (Å²) in [5, 5.41) is 0. The number of hydrogen-bond acceptors (Lipinski definition) is 3. The van der Waals surface area contributed by atoms with E-state index >= 15 is 0 Å². The van der Waals surface area contributed by atoms with E-state index in [9.17, 15) is 4.79 Å². The van der Waals surface area contributed by atoms with Crippen LogP contribution in [-0.2, 0) is 9.53 Å². The summed E-state index contributed by atoms with van der Waals surface area (Å²) in [6.45, 7) is 0.375. The molecular formula is C21H18O3. The highest BCUT2D eigenvalue weighted by Gasteiger charge is 2.08. The molecule has 0 amide bonds. The van der Waals surface area contributed by atoms with E-state index < -0.39 is 0 Å². The van der Waals surface area contributed by atoms with Gasteiger partial charge >= 0.3 is 0 Å². The van der Waals surface area contributed by atoms with E-state index in [0.717, 1.165) is 22.3 Å². The summed E-state index contributed by atoms with van der Waals surface area (Å²) in [5.41, 5.74) is 3.72. The molecule has 24 heavy (non-hydrogen) atoms. The molecule has 0 aliphatic rings. The Morgan fingerprint density at radius 1 is 0.708 bits per heavy atom. The third kappa shape index (κ3) is 4.65. The number of rotatable bonds is 4. The van der Waals surface area contributed by atoms with Crippen molar-refractivity contribution in [1.29, 1.82) is 0 Å². The van der Waals surface area contributed by atoms with Crippen LogP contribution in [0, 0.1) is 0 Å². The Balaban J connectivity index is 0.000000471. The molecule has 3 rings (SSSR count). The molecule has 0 aromatic heterocycles. The van der Waals surface area contributed by atoms with Gasteiger partial charge in [-0.1, -0.05) is 84.9 Å². The van der Waals surface area contributed by atoms with E-state index in [1.807, 2.05) is 72.8 Å². The predicted molar refractivity (Wildman–Crippen MR) is 94.8 cm³/mol. The first-order valence-corrected chi connectivity index (χ1v) is 7.48. The second-order valence-corrected chi connectivity index (χ2v) is 4.97. The van der Waals surface area contributed by atoms with Gasteiger partial charge in [-0.3, -0.25) is 9.59 Å². The van der Waals surface area contributed by atoms with Crippen LogP contribution in [-0.4, -0.2) is 19.4 Å². The van der Waals surface area contributed by atoms with Gasteiger partial charge in [0, 0.05) is 11.1 Å². The fourth-order valence-corrected chi connectivity index (χ4v) is 2.20. The SMILES string of the molecule is COC=O.O=C(c1ccccc1)c1ccc(-c2ccccc2)cc1. The average Bonchev–Trinajstić information content (AvgIpc) is 2.69. The average molecular weight is 318 g/mol. The lowest BCUT2D eigenvalue weighted by Gasteiger charge is -2.04. The Morgan fingerprint density at radius 3 is 1.62 bits per heavy atom. The van der Waals surface area contributed by atoms with Crippen LogP contribution in [0.5, 0.6) is 0 Å². The Hall–Kier alpha value is -3.20. The zero-order chi connectivity index (χ0) is 17.2. The van der Waals surface area contributed by atoms with E-state index in [-0.39, 0.29) is 5.78 Å². The van der Waals surface area contributed by atoms with Crippen LogP contribution in [0.25, 0.3) is 11.1 Å².